The molecule has 1 heterocycles. The summed E-state index contributed by atoms with van der Waals surface area (Å²) in [4.78, 5) is 12.1. The Morgan fingerprint density at radius 3 is 2.79 bits per heavy atom. The van der Waals surface area contributed by atoms with Gasteiger partial charge in [-0.3, -0.25) is 9.48 Å². The zero-order valence-electron chi connectivity index (χ0n) is 11.1. The molecule has 3 N–H and O–H groups in total. The van der Waals surface area contributed by atoms with Gasteiger partial charge in [-0.05, 0) is 31.6 Å². The number of nitrogens with zero attached hydrogens (tertiary/aromatic N) is 2. The number of carbonyl (C=O) groups excluding carboxylic acids is 1. The van der Waals surface area contributed by atoms with Crippen molar-refractivity contribution in [2.45, 2.75) is 37.6 Å². The van der Waals surface area contributed by atoms with Gasteiger partial charge in [0.1, 0.15) is 0 Å². The Morgan fingerprint density at radius 2 is 2.21 bits per heavy atom. The summed E-state index contributed by atoms with van der Waals surface area (Å²) < 4.78 is 1.83. The van der Waals surface area contributed by atoms with Gasteiger partial charge in [0.25, 0.3) is 5.91 Å². The van der Waals surface area contributed by atoms with Crippen LogP contribution in [0.25, 0.3) is 0 Å². The molecule has 1 atom stereocenters. The van der Waals surface area contributed by atoms with Crippen LogP contribution in [-0.2, 0) is 7.05 Å². The fourth-order valence-electron chi connectivity index (χ4n) is 2.46. The van der Waals surface area contributed by atoms with Crippen LogP contribution in [-0.4, -0.2) is 28.3 Å². The Morgan fingerprint density at radius 1 is 1.53 bits per heavy atom. The fraction of sp³-hybridized carbons (Fsp3) is 0.692. The van der Waals surface area contributed by atoms with Gasteiger partial charge >= 0.3 is 0 Å². The number of nitrogens with one attached hydrogen (secondary N) is 1. The van der Waals surface area contributed by atoms with E-state index in [2.05, 4.69) is 10.4 Å². The summed E-state index contributed by atoms with van der Waals surface area (Å²) in [6, 6.07) is 0.106. The van der Waals surface area contributed by atoms with Crippen molar-refractivity contribution in [3.05, 3.63) is 17.5 Å². The molecule has 2 fully saturated rings. The third-order valence-electron chi connectivity index (χ3n) is 3.92. The van der Waals surface area contributed by atoms with Gasteiger partial charge in [-0.25, -0.2) is 0 Å². The molecule has 6 heteroatoms. The molecule has 106 valence electrons. The van der Waals surface area contributed by atoms with Crippen LogP contribution >= 0.6 is 12.4 Å². The molecule has 3 rings (SSSR count). The predicted molar refractivity (Wildman–Crippen MR) is 75.5 cm³/mol. The van der Waals surface area contributed by atoms with Gasteiger partial charge in [0.05, 0.1) is 17.5 Å². The normalized spacial score (nSPS) is 19.7. The maximum atomic E-state index is 12.1. The zero-order chi connectivity index (χ0) is 12.7. The second-order valence-corrected chi connectivity index (χ2v) is 5.55. The van der Waals surface area contributed by atoms with Gasteiger partial charge in [0.2, 0.25) is 0 Å². The minimum absolute atomic E-state index is 0. The predicted octanol–water partition coefficient (Wildman–Crippen LogP) is 1.19. The molecular formula is C13H21ClN4O. The molecule has 1 amide bonds. The third kappa shape index (κ3) is 3.09. The van der Waals surface area contributed by atoms with Crippen molar-refractivity contribution in [2.24, 2.45) is 18.7 Å². The molecule has 1 unspecified atom stereocenters. The van der Waals surface area contributed by atoms with Crippen LogP contribution in [0.2, 0.25) is 0 Å². The van der Waals surface area contributed by atoms with Crippen molar-refractivity contribution in [3.8, 4) is 0 Å². The third-order valence-corrected chi connectivity index (χ3v) is 3.92. The zero-order valence-corrected chi connectivity index (χ0v) is 11.9. The highest BCUT2D eigenvalue weighted by atomic mass is 35.5. The first-order chi connectivity index (χ1) is 8.66. The molecule has 0 aliphatic heterocycles. The van der Waals surface area contributed by atoms with Crippen molar-refractivity contribution in [3.63, 3.8) is 0 Å². The molecule has 0 spiro atoms. The summed E-state index contributed by atoms with van der Waals surface area (Å²) in [6.07, 6.45) is 6.42. The SMILES string of the molecule is Cl.Cn1ncc(C(=O)NCC(N)C2CC2)c1C1CC1. The largest absolute Gasteiger partial charge is 0.350 e. The average molecular weight is 285 g/mol. The second kappa shape index (κ2) is 5.51. The molecule has 5 nitrogen and oxygen atoms in total. The van der Waals surface area contributed by atoms with Crippen molar-refractivity contribution in [1.82, 2.24) is 15.1 Å². The molecule has 2 saturated carbocycles. The maximum Gasteiger partial charge on any atom is 0.254 e. The van der Waals surface area contributed by atoms with E-state index in [-0.39, 0.29) is 24.4 Å². The lowest BCUT2D eigenvalue weighted by molar-refractivity contribution is 0.0949. The van der Waals surface area contributed by atoms with Crippen LogP contribution in [0.15, 0.2) is 6.20 Å². The molecule has 2 aliphatic carbocycles. The number of hydrogen-bond acceptors (Lipinski definition) is 3. The number of rotatable bonds is 5. The Kier molecular flexibility index (Phi) is 4.16. The van der Waals surface area contributed by atoms with Crippen LogP contribution < -0.4 is 11.1 Å². The van der Waals surface area contributed by atoms with Crippen molar-refractivity contribution in [2.75, 3.05) is 6.54 Å². The summed E-state index contributed by atoms with van der Waals surface area (Å²) in [5.41, 5.74) is 7.79. The molecule has 2 aliphatic rings. The number of nitrogens with two attached hydrogens (primary N) is 1. The van der Waals surface area contributed by atoms with Crippen molar-refractivity contribution < 1.29 is 4.79 Å². The van der Waals surface area contributed by atoms with E-state index in [1.54, 1.807) is 6.20 Å². The summed E-state index contributed by atoms with van der Waals surface area (Å²) in [6.45, 7) is 0.572. The molecule has 0 saturated heterocycles. The first-order valence-electron chi connectivity index (χ1n) is 6.72. The Labute approximate surface area is 119 Å². The van der Waals surface area contributed by atoms with Crippen LogP contribution in [0.5, 0.6) is 0 Å². The van der Waals surface area contributed by atoms with Gasteiger partial charge < -0.3 is 11.1 Å². The van der Waals surface area contributed by atoms with E-state index in [0.29, 0.717) is 18.4 Å². The average Bonchev–Trinajstić information content (AvgIpc) is 3.24. The number of hydrogen-bond donors (Lipinski definition) is 2. The molecular weight excluding hydrogens is 264 g/mol. The van der Waals surface area contributed by atoms with E-state index < -0.39 is 0 Å². The van der Waals surface area contributed by atoms with E-state index in [9.17, 15) is 4.79 Å². The van der Waals surface area contributed by atoms with Crippen LogP contribution in [0, 0.1) is 5.92 Å². The summed E-state index contributed by atoms with van der Waals surface area (Å²) >= 11 is 0. The topological polar surface area (TPSA) is 72.9 Å². The molecule has 1 aromatic heterocycles. The van der Waals surface area contributed by atoms with Gasteiger partial charge in [0.15, 0.2) is 0 Å². The Bertz CT molecular complexity index is 465. The standard InChI is InChI=1S/C13H20N4O.ClH/c1-17-12(9-4-5-9)10(6-16-17)13(18)15-7-11(14)8-2-3-8;/h6,8-9,11H,2-5,7,14H2,1H3,(H,15,18);1H. The van der Waals surface area contributed by atoms with Crippen LogP contribution in [0.3, 0.4) is 0 Å². The number of halogens is 1. The monoisotopic (exact) mass is 284 g/mol. The molecule has 0 radical (unpaired) electrons. The Hall–Kier alpha value is -1.07. The first-order valence-corrected chi connectivity index (χ1v) is 6.72. The quantitative estimate of drug-likeness (QED) is 0.853. The lowest BCUT2D eigenvalue weighted by Crippen LogP contribution is -2.38. The molecule has 0 bridgehead atoms. The number of carbonyl (C=O) groups is 1. The second-order valence-electron chi connectivity index (χ2n) is 5.55. The first kappa shape index (κ1) is 14.3. The van der Waals surface area contributed by atoms with E-state index >= 15 is 0 Å². The van der Waals surface area contributed by atoms with Crippen LogP contribution in [0.1, 0.15) is 47.7 Å². The fourth-order valence-corrected chi connectivity index (χ4v) is 2.46. The van der Waals surface area contributed by atoms with Gasteiger partial charge in [-0.1, -0.05) is 0 Å². The molecule has 0 aromatic carbocycles. The summed E-state index contributed by atoms with van der Waals surface area (Å²) in [5, 5.41) is 7.14. The lowest BCUT2D eigenvalue weighted by atomic mass is 10.1. The number of aryl methyl sites for hydroxylation is 1. The minimum Gasteiger partial charge on any atom is -0.350 e. The summed E-state index contributed by atoms with van der Waals surface area (Å²) in [5.74, 6) is 1.11. The van der Waals surface area contributed by atoms with E-state index in [0.717, 1.165) is 11.3 Å². The van der Waals surface area contributed by atoms with Gasteiger partial charge in [-0.2, -0.15) is 5.10 Å². The minimum atomic E-state index is -0.0268. The highest BCUT2D eigenvalue weighted by Crippen LogP contribution is 2.41. The van der Waals surface area contributed by atoms with Crippen molar-refractivity contribution in [1.29, 1.82) is 0 Å². The van der Waals surface area contributed by atoms with Gasteiger partial charge in [-0.15, -0.1) is 12.4 Å². The van der Waals surface area contributed by atoms with Crippen LogP contribution in [0.4, 0.5) is 0 Å². The Balaban J connectivity index is 0.00000133. The maximum absolute atomic E-state index is 12.1. The smallest absolute Gasteiger partial charge is 0.254 e. The highest BCUT2D eigenvalue weighted by Gasteiger charge is 2.32. The number of amides is 1. The lowest BCUT2D eigenvalue weighted by Gasteiger charge is -2.11. The molecule has 1 aromatic rings. The van der Waals surface area contributed by atoms with E-state index in [1.165, 1.54) is 25.7 Å². The number of aromatic nitrogens is 2. The van der Waals surface area contributed by atoms with E-state index in [4.69, 9.17) is 5.73 Å². The van der Waals surface area contributed by atoms with Gasteiger partial charge in [0, 0.05) is 25.6 Å². The molecule has 19 heavy (non-hydrogen) atoms. The van der Waals surface area contributed by atoms with E-state index in [1.807, 2.05) is 11.7 Å². The highest BCUT2D eigenvalue weighted by molar-refractivity contribution is 5.95. The van der Waals surface area contributed by atoms with Crippen molar-refractivity contribution >= 4 is 18.3 Å². The summed E-state index contributed by atoms with van der Waals surface area (Å²) in [7, 11) is 1.90.